The van der Waals surface area contributed by atoms with Gasteiger partial charge in [-0.15, -0.1) is 0 Å². The number of amides is 1. The third-order valence-electron chi connectivity index (χ3n) is 2.91. The van der Waals surface area contributed by atoms with Crippen molar-refractivity contribution in [2.24, 2.45) is 7.05 Å². The fourth-order valence-electron chi connectivity index (χ4n) is 1.74. The molecule has 1 heterocycles. The maximum Gasteiger partial charge on any atom is 0.325 e. The minimum absolute atomic E-state index is 0.148. The van der Waals surface area contributed by atoms with E-state index in [9.17, 15) is 19.7 Å². The molecule has 1 amide bonds. The molecule has 0 atom stereocenters. The third-order valence-corrected chi connectivity index (χ3v) is 2.91. The minimum atomic E-state index is -0.573. The maximum atomic E-state index is 12.4. The van der Waals surface area contributed by atoms with Gasteiger partial charge in [0.1, 0.15) is 6.54 Å². The van der Waals surface area contributed by atoms with Gasteiger partial charge in [-0.1, -0.05) is 0 Å². The minimum Gasteiger partial charge on any atom is -0.468 e. The van der Waals surface area contributed by atoms with Crippen LogP contribution in [0, 0.1) is 10.1 Å². The zero-order valence-corrected chi connectivity index (χ0v) is 11.8. The molecule has 8 nitrogen and oxygen atoms in total. The zero-order valence-electron chi connectivity index (χ0n) is 11.8. The summed E-state index contributed by atoms with van der Waals surface area (Å²) in [7, 11) is 2.67. The van der Waals surface area contributed by atoms with Crippen LogP contribution in [0.4, 0.5) is 5.82 Å². The van der Waals surface area contributed by atoms with Gasteiger partial charge in [-0.3, -0.25) is 9.59 Å². The lowest BCUT2D eigenvalue weighted by atomic mass is 10.2. The van der Waals surface area contributed by atoms with Crippen molar-refractivity contribution in [1.29, 1.82) is 0 Å². The van der Waals surface area contributed by atoms with Crippen LogP contribution < -0.4 is 0 Å². The molecule has 1 rings (SSSR count). The number of nitro groups is 1. The fraction of sp³-hybridized carbons (Fsp3) is 0.500. The van der Waals surface area contributed by atoms with E-state index < -0.39 is 16.8 Å². The van der Waals surface area contributed by atoms with Crippen molar-refractivity contribution in [2.75, 3.05) is 13.7 Å². The Hall–Kier alpha value is -2.38. The van der Waals surface area contributed by atoms with E-state index in [1.54, 1.807) is 13.8 Å². The number of esters is 1. The number of hydrogen-bond acceptors (Lipinski definition) is 5. The molecule has 0 spiro atoms. The Labute approximate surface area is 116 Å². The second kappa shape index (κ2) is 6.18. The van der Waals surface area contributed by atoms with E-state index in [0.717, 1.165) is 0 Å². The molecule has 110 valence electrons. The fourth-order valence-corrected chi connectivity index (χ4v) is 1.74. The Morgan fingerprint density at radius 1 is 1.45 bits per heavy atom. The maximum absolute atomic E-state index is 12.4. The number of carbonyl (C=O) groups excluding carboxylic acids is 2. The Balaban J connectivity index is 3.07. The first kappa shape index (κ1) is 15.7. The lowest BCUT2D eigenvalue weighted by Crippen LogP contribution is -2.41. The summed E-state index contributed by atoms with van der Waals surface area (Å²) in [6.07, 6.45) is 0. The molecule has 0 saturated carbocycles. The zero-order chi connectivity index (χ0) is 15.4. The normalized spacial score (nSPS) is 10.4. The lowest BCUT2D eigenvalue weighted by molar-refractivity contribution is -0.391. The summed E-state index contributed by atoms with van der Waals surface area (Å²) in [6.45, 7) is 3.29. The molecule has 0 radical (unpaired) electrons. The summed E-state index contributed by atoms with van der Waals surface area (Å²) in [5, 5.41) is 10.8. The molecule has 0 unspecified atom stereocenters. The molecule has 0 saturated heterocycles. The van der Waals surface area contributed by atoms with Crippen LogP contribution >= 0.6 is 0 Å². The van der Waals surface area contributed by atoms with E-state index in [0.29, 0.717) is 0 Å². The molecule has 8 heteroatoms. The van der Waals surface area contributed by atoms with Gasteiger partial charge >= 0.3 is 11.8 Å². The number of aromatic nitrogens is 1. The van der Waals surface area contributed by atoms with Gasteiger partial charge in [0.05, 0.1) is 14.2 Å². The molecule has 1 aromatic rings. The molecule has 1 aromatic heterocycles. The summed E-state index contributed by atoms with van der Waals surface area (Å²) in [6, 6.07) is 2.38. The van der Waals surface area contributed by atoms with E-state index in [4.69, 9.17) is 0 Å². The van der Waals surface area contributed by atoms with E-state index in [2.05, 4.69) is 4.74 Å². The van der Waals surface area contributed by atoms with Crippen LogP contribution in [0.1, 0.15) is 24.3 Å². The molecule has 0 bridgehead atoms. The smallest absolute Gasteiger partial charge is 0.325 e. The highest BCUT2D eigenvalue weighted by molar-refractivity contribution is 5.95. The van der Waals surface area contributed by atoms with Crippen LogP contribution in [0.2, 0.25) is 0 Å². The van der Waals surface area contributed by atoms with Crippen molar-refractivity contribution < 1.29 is 19.2 Å². The molecule has 0 fully saturated rings. The van der Waals surface area contributed by atoms with Crippen LogP contribution in [0.15, 0.2) is 12.1 Å². The molecular formula is C12H17N3O5. The van der Waals surface area contributed by atoms with Crippen LogP contribution in [0.3, 0.4) is 0 Å². The standard InChI is InChI=1S/C12H17N3O5/c1-8(2)14(7-11(16)20-4)12(17)9-5-6-10(13(9)3)15(18)19/h5-6,8H,7H2,1-4H3. The monoisotopic (exact) mass is 283 g/mol. The Morgan fingerprint density at radius 2 is 2.05 bits per heavy atom. The first-order valence-corrected chi connectivity index (χ1v) is 5.97. The number of hydrogen-bond donors (Lipinski definition) is 0. The Kier molecular flexibility index (Phi) is 4.84. The van der Waals surface area contributed by atoms with Gasteiger partial charge in [-0.25, -0.2) is 4.57 Å². The second-order valence-corrected chi connectivity index (χ2v) is 4.50. The van der Waals surface area contributed by atoms with E-state index in [-0.39, 0.29) is 24.1 Å². The summed E-state index contributed by atoms with van der Waals surface area (Å²) >= 11 is 0. The Morgan fingerprint density at radius 3 is 2.45 bits per heavy atom. The second-order valence-electron chi connectivity index (χ2n) is 4.50. The van der Waals surface area contributed by atoms with Gasteiger partial charge in [-0.05, 0) is 24.8 Å². The predicted molar refractivity (Wildman–Crippen MR) is 70.3 cm³/mol. The number of methoxy groups -OCH3 is 1. The van der Waals surface area contributed by atoms with Crippen LogP contribution in [0.5, 0.6) is 0 Å². The van der Waals surface area contributed by atoms with Gasteiger partial charge < -0.3 is 19.8 Å². The molecule has 0 N–H and O–H groups in total. The van der Waals surface area contributed by atoms with Crippen molar-refractivity contribution in [3.8, 4) is 0 Å². The van der Waals surface area contributed by atoms with Crippen molar-refractivity contribution in [1.82, 2.24) is 9.47 Å². The molecule has 0 aliphatic rings. The average molecular weight is 283 g/mol. The molecular weight excluding hydrogens is 266 g/mol. The average Bonchev–Trinajstić information content (AvgIpc) is 2.76. The highest BCUT2D eigenvalue weighted by Gasteiger charge is 2.28. The van der Waals surface area contributed by atoms with Crippen molar-refractivity contribution in [3.63, 3.8) is 0 Å². The number of carbonyl (C=O) groups is 2. The lowest BCUT2D eigenvalue weighted by Gasteiger charge is -2.24. The first-order valence-electron chi connectivity index (χ1n) is 5.97. The predicted octanol–water partition coefficient (Wildman–Crippen LogP) is 0.957. The number of rotatable bonds is 5. The van der Waals surface area contributed by atoms with Gasteiger partial charge in [0.15, 0.2) is 5.69 Å². The number of ether oxygens (including phenoxy) is 1. The first-order chi connectivity index (χ1) is 9.29. The summed E-state index contributed by atoms with van der Waals surface area (Å²) < 4.78 is 5.73. The SMILES string of the molecule is COC(=O)CN(C(=O)c1ccc([N+](=O)[O-])n1C)C(C)C. The van der Waals surface area contributed by atoms with Gasteiger partial charge in [0.25, 0.3) is 5.91 Å². The largest absolute Gasteiger partial charge is 0.468 e. The van der Waals surface area contributed by atoms with Crippen LogP contribution in [-0.2, 0) is 16.6 Å². The van der Waals surface area contributed by atoms with E-state index >= 15 is 0 Å². The Bertz CT molecular complexity index is 535. The van der Waals surface area contributed by atoms with E-state index in [1.165, 1.54) is 35.8 Å². The quantitative estimate of drug-likeness (QED) is 0.455. The summed E-state index contributed by atoms with van der Waals surface area (Å²) in [5.41, 5.74) is 0.148. The van der Waals surface area contributed by atoms with Gasteiger partial charge in [-0.2, -0.15) is 0 Å². The molecule has 0 aromatic carbocycles. The van der Waals surface area contributed by atoms with Crippen molar-refractivity contribution in [2.45, 2.75) is 19.9 Å². The highest BCUT2D eigenvalue weighted by Crippen LogP contribution is 2.17. The van der Waals surface area contributed by atoms with E-state index in [1.807, 2.05) is 0 Å². The number of nitrogens with zero attached hydrogens (tertiary/aromatic N) is 3. The van der Waals surface area contributed by atoms with Crippen LogP contribution in [-0.4, -0.2) is 46.0 Å². The summed E-state index contributed by atoms with van der Waals surface area (Å²) in [4.78, 5) is 35.2. The molecule has 0 aliphatic heterocycles. The van der Waals surface area contributed by atoms with Crippen molar-refractivity contribution >= 4 is 17.7 Å². The van der Waals surface area contributed by atoms with Gasteiger partial charge in [0, 0.05) is 12.1 Å². The topological polar surface area (TPSA) is 94.7 Å². The molecule has 0 aliphatic carbocycles. The van der Waals surface area contributed by atoms with Crippen molar-refractivity contribution in [3.05, 3.63) is 27.9 Å². The van der Waals surface area contributed by atoms with Gasteiger partial charge in [0.2, 0.25) is 0 Å². The molecule has 20 heavy (non-hydrogen) atoms. The highest BCUT2D eigenvalue weighted by atomic mass is 16.6. The van der Waals surface area contributed by atoms with Crippen LogP contribution in [0.25, 0.3) is 0 Å². The summed E-state index contributed by atoms with van der Waals surface area (Å²) in [5.74, 6) is -1.19. The third kappa shape index (κ3) is 3.14.